The monoisotopic (exact) mass is 714 g/mol. The lowest BCUT2D eigenvalue weighted by atomic mass is 10.0. The van der Waals surface area contributed by atoms with E-state index in [0.29, 0.717) is 6.42 Å². The van der Waals surface area contributed by atoms with Gasteiger partial charge in [-0.3, -0.25) is 4.79 Å². The summed E-state index contributed by atoms with van der Waals surface area (Å²) in [7, 11) is 0. The summed E-state index contributed by atoms with van der Waals surface area (Å²) < 4.78 is 0. The van der Waals surface area contributed by atoms with Crippen molar-refractivity contribution in [3.8, 4) is 0 Å². The molecule has 0 aromatic rings. The summed E-state index contributed by atoms with van der Waals surface area (Å²) >= 11 is 0. The predicted octanol–water partition coefficient (Wildman–Crippen LogP) is 14.0. The second-order valence-electron chi connectivity index (χ2n) is 15.1. The largest absolute Gasteiger partial charge is 0.394 e. The van der Waals surface area contributed by atoms with Crippen LogP contribution < -0.4 is 5.32 Å². The average Bonchev–Trinajstić information content (AvgIpc) is 3.13. The molecule has 0 spiro atoms. The Bertz CT molecular complexity index is 816. The molecule has 4 heteroatoms. The molecule has 0 radical (unpaired) electrons. The maximum atomic E-state index is 12.4. The zero-order valence-electron chi connectivity index (χ0n) is 34.1. The highest BCUT2D eigenvalue weighted by Crippen LogP contribution is 2.14. The molecule has 298 valence electrons. The third-order valence-corrected chi connectivity index (χ3v) is 10.0. The van der Waals surface area contributed by atoms with Crippen LogP contribution in [0, 0.1) is 0 Å². The molecule has 0 rings (SSSR count). The van der Waals surface area contributed by atoms with Crippen LogP contribution in [0.1, 0.15) is 226 Å². The molecule has 2 atom stereocenters. The van der Waals surface area contributed by atoms with Crippen molar-refractivity contribution in [3.05, 3.63) is 48.6 Å². The van der Waals surface area contributed by atoms with Crippen LogP contribution in [0.25, 0.3) is 0 Å². The van der Waals surface area contributed by atoms with E-state index in [1.807, 2.05) is 6.08 Å². The number of aliphatic hydroxyl groups excluding tert-OH is 2. The highest BCUT2D eigenvalue weighted by atomic mass is 16.3. The van der Waals surface area contributed by atoms with E-state index in [0.717, 1.165) is 38.5 Å². The van der Waals surface area contributed by atoms with Crippen LogP contribution in [-0.4, -0.2) is 34.9 Å². The predicted molar refractivity (Wildman–Crippen MR) is 225 cm³/mol. The molecular formula is C47H87NO3. The van der Waals surface area contributed by atoms with Gasteiger partial charge in [-0.05, 0) is 70.6 Å². The van der Waals surface area contributed by atoms with Crippen LogP contribution in [0.4, 0.5) is 0 Å². The molecule has 0 aliphatic carbocycles. The molecule has 0 aromatic heterocycles. The quantitative estimate of drug-likeness (QED) is 0.0437. The number of allylic oxidation sites excluding steroid dienone is 7. The van der Waals surface area contributed by atoms with Gasteiger partial charge in [0.25, 0.3) is 0 Å². The second kappa shape index (κ2) is 42.8. The fraction of sp³-hybridized carbons (Fsp3) is 0.809. The van der Waals surface area contributed by atoms with Crippen molar-refractivity contribution in [2.45, 2.75) is 238 Å². The van der Waals surface area contributed by atoms with Gasteiger partial charge >= 0.3 is 0 Å². The SMILES string of the molecule is CCCCCCCC/C=C/CC/C=C/CC/C=C/C(O)C(CO)NC(=O)CCCCCCCCCCCCC/C=C\CCCCCCCCCC. The van der Waals surface area contributed by atoms with Crippen molar-refractivity contribution in [1.82, 2.24) is 5.32 Å². The number of rotatable bonds is 40. The fourth-order valence-corrected chi connectivity index (χ4v) is 6.56. The Hall–Kier alpha value is -1.65. The molecule has 0 aromatic carbocycles. The summed E-state index contributed by atoms with van der Waals surface area (Å²) in [6.07, 6.45) is 57.9. The first-order chi connectivity index (χ1) is 25.2. The van der Waals surface area contributed by atoms with Gasteiger partial charge in [-0.2, -0.15) is 0 Å². The van der Waals surface area contributed by atoms with Crippen molar-refractivity contribution < 1.29 is 15.0 Å². The summed E-state index contributed by atoms with van der Waals surface area (Å²) in [5, 5.41) is 23.0. The van der Waals surface area contributed by atoms with Gasteiger partial charge in [0.2, 0.25) is 5.91 Å². The number of nitrogens with one attached hydrogen (secondary N) is 1. The molecule has 0 heterocycles. The number of carbonyl (C=O) groups excluding carboxylic acids is 1. The Kier molecular flexibility index (Phi) is 41.4. The summed E-state index contributed by atoms with van der Waals surface area (Å²) in [6, 6.07) is -0.645. The fourth-order valence-electron chi connectivity index (χ4n) is 6.56. The first-order valence-corrected chi connectivity index (χ1v) is 22.4. The molecule has 0 saturated carbocycles. The molecule has 0 fully saturated rings. The lowest BCUT2D eigenvalue weighted by Crippen LogP contribution is -2.45. The lowest BCUT2D eigenvalue weighted by molar-refractivity contribution is -0.123. The smallest absolute Gasteiger partial charge is 0.220 e. The number of amides is 1. The van der Waals surface area contributed by atoms with Gasteiger partial charge in [0.1, 0.15) is 0 Å². The molecule has 2 unspecified atom stereocenters. The van der Waals surface area contributed by atoms with Crippen LogP contribution in [0.2, 0.25) is 0 Å². The summed E-state index contributed by atoms with van der Waals surface area (Å²) in [4.78, 5) is 12.4. The number of carbonyl (C=O) groups is 1. The number of unbranched alkanes of at least 4 members (excludes halogenated alkanes) is 27. The van der Waals surface area contributed by atoms with Crippen LogP contribution in [-0.2, 0) is 4.79 Å². The van der Waals surface area contributed by atoms with Gasteiger partial charge in [-0.1, -0.05) is 197 Å². The molecule has 0 saturated heterocycles. The van der Waals surface area contributed by atoms with Crippen molar-refractivity contribution >= 4 is 5.91 Å². The van der Waals surface area contributed by atoms with E-state index >= 15 is 0 Å². The van der Waals surface area contributed by atoms with E-state index in [-0.39, 0.29) is 12.5 Å². The summed E-state index contributed by atoms with van der Waals surface area (Å²) in [5.41, 5.74) is 0. The van der Waals surface area contributed by atoms with E-state index in [4.69, 9.17) is 0 Å². The molecule has 0 aliphatic heterocycles. The highest BCUT2D eigenvalue weighted by Gasteiger charge is 2.17. The normalized spacial score (nSPS) is 13.4. The van der Waals surface area contributed by atoms with Crippen molar-refractivity contribution in [3.63, 3.8) is 0 Å². The number of aliphatic hydroxyl groups is 2. The van der Waals surface area contributed by atoms with Gasteiger partial charge in [0, 0.05) is 6.42 Å². The van der Waals surface area contributed by atoms with E-state index in [2.05, 4.69) is 55.6 Å². The standard InChI is InChI=1S/C47H87NO3/c1-3-5-7-9-11-13-15-17-19-21-22-23-24-25-26-27-29-31-33-35-37-39-41-43-47(51)48-45(44-49)46(50)42-40-38-36-34-32-30-28-20-18-16-14-12-10-8-6-4-2/h18,20-22,32,34,40,42,45-46,49-50H,3-17,19,23-31,33,35-39,41,43-44H2,1-2H3,(H,48,51)/b20-18+,22-21-,34-32+,42-40+. The van der Waals surface area contributed by atoms with E-state index < -0.39 is 12.1 Å². The maximum Gasteiger partial charge on any atom is 0.220 e. The van der Waals surface area contributed by atoms with Gasteiger partial charge in [0.05, 0.1) is 18.8 Å². The second-order valence-corrected chi connectivity index (χ2v) is 15.1. The summed E-state index contributed by atoms with van der Waals surface area (Å²) in [5.74, 6) is -0.0792. The Morgan fingerprint density at radius 3 is 1.14 bits per heavy atom. The Morgan fingerprint density at radius 2 is 0.765 bits per heavy atom. The zero-order valence-corrected chi connectivity index (χ0v) is 34.1. The van der Waals surface area contributed by atoms with Crippen LogP contribution in [0.15, 0.2) is 48.6 Å². The highest BCUT2D eigenvalue weighted by molar-refractivity contribution is 5.76. The minimum Gasteiger partial charge on any atom is -0.394 e. The zero-order chi connectivity index (χ0) is 37.1. The van der Waals surface area contributed by atoms with Crippen molar-refractivity contribution in [1.29, 1.82) is 0 Å². The van der Waals surface area contributed by atoms with Crippen LogP contribution >= 0.6 is 0 Å². The molecule has 0 bridgehead atoms. The minimum absolute atomic E-state index is 0.0792. The topological polar surface area (TPSA) is 69.6 Å². The Balaban J connectivity index is 3.60. The molecular weight excluding hydrogens is 627 g/mol. The summed E-state index contributed by atoms with van der Waals surface area (Å²) in [6.45, 7) is 4.28. The minimum atomic E-state index is -0.870. The first kappa shape index (κ1) is 49.4. The van der Waals surface area contributed by atoms with Gasteiger partial charge in [-0.25, -0.2) is 0 Å². The van der Waals surface area contributed by atoms with Crippen molar-refractivity contribution in [2.75, 3.05) is 6.61 Å². The van der Waals surface area contributed by atoms with Gasteiger partial charge < -0.3 is 15.5 Å². The molecule has 51 heavy (non-hydrogen) atoms. The number of hydrogen-bond donors (Lipinski definition) is 3. The van der Waals surface area contributed by atoms with Gasteiger partial charge in [0.15, 0.2) is 0 Å². The van der Waals surface area contributed by atoms with E-state index in [9.17, 15) is 15.0 Å². The molecule has 0 aliphatic rings. The Labute approximate surface area is 318 Å². The van der Waals surface area contributed by atoms with E-state index in [1.165, 1.54) is 167 Å². The molecule has 1 amide bonds. The van der Waals surface area contributed by atoms with Crippen molar-refractivity contribution in [2.24, 2.45) is 0 Å². The third-order valence-electron chi connectivity index (χ3n) is 10.0. The van der Waals surface area contributed by atoms with Crippen LogP contribution in [0.3, 0.4) is 0 Å². The maximum absolute atomic E-state index is 12.4. The Morgan fingerprint density at radius 1 is 0.451 bits per heavy atom. The van der Waals surface area contributed by atoms with Gasteiger partial charge in [-0.15, -0.1) is 0 Å². The number of hydrogen-bond acceptors (Lipinski definition) is 3. The van der Waals surface area contributed by atoms with Crippen LogP contribution in [0.5, 0.6) is 0 Å². The lowest BCUT2D eigenvalue weighted by Gasteiger charge is -2.19. The third kappa shape index (κ3) is 39.4. The van der Waals surface area contributed by atoms with E-state index in [1.54, 1.807) is 6.08 Å². The molecule has 4 nitrogen and oxygen atoms in total. The average molecular weight is 714 g/mol. The molecule has 3 N–H and O–H groups in total. The first-order valence-electron chi connectivity index (χ1n) is 22.4.